The molecule has 1 amide bonds. The molecule has 0 aliphatic carbocycles. The van der Waals surface area contributed by atoms with Crippen molar-refractivity contribution in [2.75, 3.05) is 11.4 Å². The molecule has 2 N–H and O–H groups in total. The molecular weight excluding hydrogens is 220 g/mol. The number of benzene rings is 1. The van der Waals surface area contributed by atoms with Crippen LogP contribution in [0.4, 0.5) is 5.69 Å². The summed E-state index contributed by atoms with van der Waals surface area (Å²) in [6.45, 7) is 2.39. The van der Waals surface area contributed by atoms with Crippen LogP contribution in [-0.4, -0.2) is 17.4 Å². The Bertz CT molecular complexity index is 365. The first-order valence-corrected chi connectivity index (χ1v) is 5.69. The minimum absolute atomic E-state index is 0.0856. The summed E-state index contributed by atoms with van der Waals surface area (Å²) in [6, 6.07) is 9.56. The molecular formula is C12H16N2OS. The molecule has 0 aliphatic rings. The van der Waals surface area contributed by atoms with Gasteiger partial charge in [-0.05, 0) is 12.1 Å². The normalized spacial score (nSPS) is 9.81. The van der Waals surface area contributed by atoms with Crippen molar-refractivity contribution in [3.63, 3.8) is 0 Å². The van der Waals surface area contributed by atoms with Crippen molar-refractivity contribution in [1.29, 1.82) is 0 Å². The molecule has 0 atom stereocenters. The van der Waals surface area contributed by atoms with E-state index >= 15 is 0 Å². The molecule has 0 bridgehead atoms. The maximum atomic E-state index is 11.8. The van der Waals surface area contributed by atoms with Crippen molar-refractivity contribution in [3.05, 3.63) is 30.3 Å². The summed E-state index contributed by atoms with van der Waals surface area (Å²) >= 11 is 4.83. The van der Waals surface area contributed by atoms with Gasteiger partial charge in [-0.2, -0.15) is 0 Å². The number of anilines is 1. The van der Waals surface area contributed by atoms with Crippen LogP contribution >= 0.6 is 12.2 Å². The number of rotatable bonds is 5. The topological polar surface area (TPSA) is 46.3 Å². The molecule has 1 aromatic rings. The van der Waals surface area contributed by atoms with Crippen molar-refractivity contribution in [2.45, 2.75) is 19.8 Å². The number of thiocarbonyl (C=S) groups is 1. The summed E-state index contributed by atoms with van der Waals surface area (Å²) in [5, 5.41) is 0. The summed E-state index contributed by atoms with van der Waals surface area (Å²) in [7, 11) is 0. The van der Waals surface area contributed by atoms with Crippen LogP contribution in [0.5, 0.6) is 0 Å². The molecule has 0 heterocycles. The highest BCUT2D eigenvalue weighted by atomic mass is 32.1. The average molecular weight is 236 g/mol. The highest BCUT2D eigenvalue weighted by Gasteiger charge is 2.13. The molecule has 0 aliphatic heterocycles. The number of hydrogen-bond acceptors (Lipinski definition) is 2. The smallest absolute Gasteiger partial charge is 0.226 e. The van der Waals surface area contributed by atoms with E-state index in [1.165, 1.54) is 0 Å². The van der Waals surface area contributed by atoms with Crippen LogP contribution in [0.2, 0.25) is 0 Å². The minimum atomic E-state index is 0.0856. The predicted octanol–water partition coefficient (Wildman–Crippen LogP) is 2.11. The van der Waals surface area contributed by atoms with Crippen LogP contribution in [0.1, 0.15) is 19.8 Å². The molecule has 86 valence electrons. The number of hydrogen-bond donors (Lipinski definition) is 1. The van der Waals surface area contributed by atoms with Gasteiger partial charge in [-0.1, -0.05) is 37.3 Å². The van der Waals surface area contributed by atoms with Gasteiger partial charge in [0, 0.05) is 25.1 Å². The average Bonchev–Trinajstić information content (AvgIpc) is 2.30. The molecule has 0 saturated carbocycles. The van der Waals surface area contributed by atoms with Crippen molar-refractivity contribution >= 4 is 28.8 Å². The third kappa shape index (κ3) is 3.62. The van der Waals surface area contributed by atoms with Crippen LogP contribution in [-0.2, 0) is 4.79 Å². The third-order valence-electron chi connectivity index (χ3n) is 2.25. The fourth-order valence-electron chi connectivity index (χ4n) is 1.42. The molecule has 0 saturated heterocycles. The third-order valence-corrected chi connectivity index (χ3v) is 2.46. The number of carbonyl (C=O) groups is 1. The van der Waals surface area contributed by atoms with Crippen molar-refractivity contribution in [3.8, 4) is 0 Å². The fraction of sp³-hybridized carbons (Fsp3) is 0.333. The Morgan fingerprint density at radius 3 is 2.50 bits per heavy atom. The van der Waals surface area contributed by atoms with E-state index in [2.05, 4.69) is 0 Å². The maximum absolute atomic E-state index is 11.8. The highest BCUT2D eigenvalue weighted by Crippen LogP contribution is 2.14. The summed E-state index contributed by atoms with van der Waals surface area (Å²) in [5.74, 6) is 0.0856. The lowest BCUT2D eigenvalue weighted by atomic mass is 10.2. The van der Waals surface area contributed by atoms with E-state index in [9.17, 15) is 4.79 Å². The summed E-state index contributed by atoms with van der Waals surface area (Å²) in [5.41, 5.74) is 6.35. The van der Waals surface area contributed by atoms with E-state index < -0.39 is 0 Å². The lowest BCUT2D eigenvalue weighted by Gasteiger charge is -2.22. The van der Waals surface area contributed by atoms with Crippen LogP contribution in [0.15, 0.2) is 30.3 Å². The van der Waals surface area contributed by atoms with E-state index in [1.54, 1.807) is 4.90 Å². The molecule has 0 aromatic heterocycles. The minimum Gasteiger partial charge on any atom is -0.393 e. The van der Waals surface area contributed by atoms with Crippen LogP contribution in [0.25, 0.3) is 0 Å². The summed E-state index contributed by atoms with van der Waals surface area (Å²) in [6.07, 6.45) is 1.03. The number of carbonyl (C=O) groups excluding carboxylic acids is 1. The highest BCUT2D eigenvalue weighted by molar-refractivity contribution is 7.80. The summed E-state index contributed by atoms with van der Waals surface area (Å²) in [4.78, 5) is 13.9. The molecule has 3 nitrogen and oxygen atoms in total. The first-order chi connectivity index (χ1) is 7.65. The van der Waals surface area contributed by atoms with Crippen LogP contribution < -0.4 is 10.6 Å². The van der Waals surface area contributed by atoms with Gasteiger partial charge in [0.25, 0.3) is 0 Å². The van der Waals surface area contributed by atoms with Crippen molar-refractivity contribution in [2.24, 2.45) is 5.73 Å². The van der Waals surface area contributed by atoms with Gasteiger partial charge in [0.2, 0.25) is 5.91 Å². The van der Waals surface area contributed by atoms with Gasteiger partial charge in [0.15, 0.2) is 0 Å². The fourth-order valence-corrected chi connectivity index (χ4v) is 1.51. The van der Waals surface area contributed by atoms with E-state index in [0.29, 0.717) is 24.4 Å². The molecule has 0 fully saturated rings. The van der Waals surface area contributed by atoms with Gasteiger partial charge >= 0.3 is 0 Å². The number of para-hydroxylation sites is 1. The van der Waals surface area contributed by atoms with Crippen molar-refractivity contribution < 1.29 is 4.79 Å². The zero-order valence-electron chi connectivity index (χ0n) is 9.35. The standard InChI is InChI=1S/C12H16N2OS/c1-2-12(15)14(9-8-11(13)16)10-6-4-3-5-7-10/h3-7H,2,8-9H2,1H3,(H2,13,16). The zero-order chi connectivity index (χ0) is 12.0. The lowest BCUT2D eigenvalue weighted by Crippen LogP contribution is -2.33. The Morgan fingerprint density at radius 1 is 1.38 bits per heavy atom. The Kier molecular flexibility index (Phi) is 4.92. The second-order valence-corrected chi connectivity index (χ2v) is 3.98. The molecule has 0 radical (unpaired) electrons. The summed E-state index contributed by atoms with van der Waals surface area (Å²) < 4.78 is 0. The SMILES string of the molecule is CCC(=O)N(CCC(N)=S)c1ccccc1. The first kappa shape index (κ1) is 12.6. The number of nitrogens with two attached hydrogens (primary N) is 1. The van der Waals surface area contributed by atoms with Crippen LogP contribution in [0, 0.1) is 0 Å². The molecule has 1 aromatic carbocycles. The number of nitrogens with zero attached hydrogens (tertiary/aromatic N) is 1. The monoisotopic (exact) mass is 236 g/mol. The molecule has 0 unspecified atom stereocenters. The van der Waals surface area contributed by atoms with E-state index in [1.807, 2.05) is 37.3 Å². The Balaban J connectivity index is 2.79. The lowest BCUT2D eigenvalue weighted by molar-refractivity contribution is -0.118. The molecule has 16 heavy (non-hydrogen) atoms. The van der Waals surface area contributed by atoms with Gasteiger partial charge in [-0.3, -0.25) is 4.79 Å². The largest absolute Gasteiger partial charge is 0.393 e. The maximum Gasteiger partial charge on any atom is 0.226 e. The molecule has 0 spiro atoms. The Labute approximate surface area is 101 Å². The Morgan fingerprint density at radius 2 is 2.00 bits per heavy atom. The Hall–Kier alpha value is -1.42. The predicted molar refractivity (Wildman–Crippen MR) is 70.5 cm³/mol. The van der Waals surface area contributed by atoms with Gasteiger partial charge in [0.1, 0.15) is 0 Å². The van der Waals surface area contributed by atoms with E-state index in [-0.39, 0.29) is 5.91 Å². The van der Waals surface area contributed by atoms with Gasteiger partial charge < -0.3 is 10.6 Å². The molecule has 1 rings (SSSR count). The van der Waals surface area contributed by atoms with E-state index in [4.69, 9.17) is 18.0 Å². The quantitative estimate of drug-likeness (QED) is 0.796. The van der Waals surface area contributed by atoms with Gasteiger partial charge in [-0.15, -0.1) is 0 Å². The zero-order valence-corrected chi connectivity index (χ0v) is 10.2. The number of amides is 1. The first-order valence-electron chi connectivity index (χ1n) is 5.29. The van der Waals surface area contributed by atoms with Gasteiger partial charge in [0.05, 0.1) is 4.99 Å². The van der Waals surface area contributed by atoms with E-state index in [0.717, 1.165) is 5.69 Å². The van der Waals surface area contributed by atoms with Gasteiger partial charge in [-0.25, -0.2) is 0 Å². The van der Waals surface area contributed by atoms with Crippen molar-refractivity contribution in [1.82, 2.24) is 0 Å². The molecule has 4 heteroatoms. The van der Waals surface area contributed by atoms with Crippen LogP contribution in [0.3, 0.4) is 0 Å². The second kappa shape index (κ2) is 6.23. The second-order valence-electron chi connectivity index (χ2n) is 3.45.